The number of nitrogens with one attached hydrogen (secondary N) is 1. The summed E-state index contributed by atoms with van der Waals surface area (Å²) in [5.74, 6) is 6.87. The summed E-state index contributed by atoms with van der Waals surface area (Å²) in [6.45, 7) is 1.93. The lowest BCUT2D eigenvalue weighted by Gasteiger charge is -2.10. The van der Waals surface area contributed by atoms with Gasteiger partial charge in [-0.05, 0) is 24.6 Å². The molecule has 0 atom stereocenters. The number of nitrogens with two attached hydrogens (primary N) is 1. The second-order valence-corrected chi connectivity index (χ2v) is 4.68. The maximum atomic E-state index is 5.99. The molecule has 102 valence electrons. The summed E-state index contributed by atoms with van der Waals surface area (Å²) in [7, 11) is 0. The molecule has 0 unspecified atom stereocenters. The summed E-state index contributed by atoms with van der Waals surface area (Å²) in [4.78, 5) is 8.49. The molecule has 0 spiro atoms. The highest BCUT2D eigenvalue weighted by Gasteiger charge is 2.11. The Morgan fingerprint density at radius 1 is 1.40 bits per heavy atom. The zero-order chi connectivity index (χ0) is 14.1. The number of anilines is 1. The van der Waals surface area contributed by atoms with Crippen molar-refractivity contribution in [3.63, 3.8) is 0 Å². The van der Waals surface area contributed by atoms with E-state index in [2.05, 4.69) is 15.4 Å². The molecule has 0 bridgehead atoms. The van der Waals surface area contributed by atoms with Crippen LogP contribution in [-0.2, 0) is 0 Å². The second-order valence-electron chi connectivity index (χ2n) is 4.25. The summed E-state index contributed by atoms with van der Waals surface area (Å²) in [6.07, 6.45) is 5.17. The minimum absolute atomic E-state index is 0.357. The highest BCUT2D eigenvalue weighted by Crippen LogP contribution is 2.29. The minimum Gasteiger partial charge on any atom is -0.436 e. The van der Waals surface area contributed by atoms with Crippen LogP contribution in [0.1, 0.15) is 5.56 Å². The molecular weight excluding hydrogens is 278 g/mol. The van der Waals surface area contributed by atoms with Gasteiger partial charge in [0.15, 0.2) is 5.82 Å². The lowest BCUT2D eigenvalue weighted by Crippen LogP contribution is -2.10. The summed E-state index contributed by atoms with van der Waals surface area (Å²) < 4.78 is 7.60. The maximum Gasteiger partial charge on any atom is 0.265 e. The highest BCUT2D eigenvalue weighted by molar-refractivity contribution is 6.30. The number of aryl methyl sites for hydroxylation is 1. The third-order valence-electron chi connectivity index (χ3n) is 2.85. The predicted molar refractivity (Wildman–Crippen MR) is 77.1 cm³/mol. The molecule has 2 heterocycles. The van der Waals surface area contributed by atoms with Gasteiger partial charge in [-0.15, -0.1) is 0 Å². The van der Waals surface area contributed by atoms with Gasteiger partial charge in [0.25, 0.3) is 5.88 Å². The van der Waals surface area contributed by atoms with Crippen LogP contribution in [0.15, 0.2) is 36.8 Å². The number of benzene rings is 1. The SMILES string of the molecule is Cc1ccc(Cl)cc1Oc1nc(NN)cn2ccnc12. The second kappa shape index (κ2) is 4.99. The lowest BCUT2D eigenvalue weighted by atomic mass is 10.2. The molecular formula is C13H12ClN5O. The number of imidazole rings is 1. The fourth-order valence-electron chi connectivity index (χ4n) is 1.83. The van der Waals surface area contributed by atoms with E-state index < -0.39 is 0 Å². The van der Waals surface area contributed by atoms with Crippen molar-refractivity contribution in [1.82, 2.24) is 14.4 Å². The number of rotatable bonds is 3. The summed E-state index contributed by atoms with van der Waals surface area (Å²) >= 11 is 5.99. The Kier molecular flexibility index (Phi) is 3.17. The standard InChI is InChI=1S/C13H12ClN5O/c1-8-2-3-9(14)6-10(8)20-13-12-16-4-5-19(12)7-11(17-13)18-15/h2-7,18H,15H2,1H3. The number of hydrazine groups is 1. The largest absolute Gasteiger partial charge is 0.436 e. The van der Waals surface area contributed by atoms with Gasteiger partial charge in [0.1, 0.15) is 5.75 Å². The van der Waals surface area contributed by atoms with E-state index in [1.54, 1.807) is 35.1 Å². The number of fused-ring (bicyclic) bond motifs is 1. The van der Waals surface area contributed by atoms with Crippen LogP contribution < -0.4 is 16.0 Å². The molecule has 3 rings (SSSR count). The zero-order valence-electron chi connectivity index (χ0n) is 10.7. The molecule has 20 heavy (non-hydrogen) atoms. The van der Waals surface area contributed by atoms with Gasteiger partial charge in [-0.3, -0.25) is 4.40 Å². The number of hydrogen-bond acceptors (Lipinski definition) is 5. The number of halogens is 1. The van der Waals surface area contributed by atoms with Crippen LogP contribution in [0.25, 0.3) is 5.65 Å². The van der Waals surface area contributed by atoms with E-state index in [9.17, 15) is 0 Å². The van der Waals surface area contributed by atoms with Crippen molar-refractivity contribution in [2.24, 2.45) is 5.84 Å². The molecule has 0 saturated heterocycles. The summed E-state index contributed by atoms with van der Waals surface area (Å²) in [6, 6.07) is 5.42. The van der Waals surface area contributed by atoms with Crippen LogP contribution in [0.2, 0.25) is 5.02 Å². The van der Waals surface area contributed by atoms with Gasteiger partial charge in [-0.25, -0.2) is 10.8 Å². The van der Waals surface area contributed by atoms with Gasteiger partial charge in [0.2, 0.25) is 5.65 Å². The fraction of sp³-hybridized carbons (Fsp3) is 0.0769. The van der Waals surface area contributed by atoms with Gasteiger partial charge in [-0.2, -0.15) is 4.98 Å². The predicted octanol–water partition coefficient (Wildman–Crippen LogP) is 2.77. The first-order valence-electron chi connectivity index (χ1n) is 5.91. The molecule has 3 aromatic rings. The average Bonchev–Trinajstić information content (AvgIpc) is 2.91. The van der Waals surface area contributed by atoms with Crippen molar-refractivity contribution in [2.45, 2.75) is 6.92 Å². The van der Waals surface area contributed by atoms with Crippen LogP contribution >= 0.6 is 11.6 Å². The van der Waals surface area contributed by atoms with Crippen molar-refractivity contribution in [3.8, 4) is 11.6 Å². The van der Waals surface area contributed by atoms with Gasteiger partial charge < -0.3 is 10.2 Å². The van der Waals surface area contributed by atoms with E-state index >= 15 is 0 Å². The van der Waals surface area contributed by atoms with Gasteiger partial charge in [-0.1, -0.05) is 17.7 Å². The number of aromatic nitrogens is 3. The molecule has 7 heteroatoms. The number of ether oxygens (including phenoxy) is 1. The van der Waals surface area contributed by atoms with E-state index in [1.165, 1.54) is 0 Å². The summed E-state index contributed by atoms with van der Waals surface area (Å²) in [5.41, 5.74) is 4.05. The van der Waals surface area contributed by atoms with E-state index in [1.807, 2.05) is 13.0 Å². The topological polar surface area (TPSA) is 77.5 Å². The molecule has 0 amide bonds. The van der Waals surface area contributed by atoms with E-state index in [0.717, 1.165) is 5.56 Å². The van der Waals surface area contributed by atoms with Crippen molar-refractivity contribution < 1.29 is 4.74 Å². The van der Waals surface area contributed by atoms with Gasteiger partial charge in [0.05, 0.1) is 6.20 Å². The van der Waals surface area contributed by atoms with Crippen LogP contribution in [0, 0.1) is 6.92 Å². The van der Waals surface area contributed by atoms with Crippen LogP contribution in [0.4, 0.5) is 5.82 Å². The first kappa shape index (κ1) is 12.7. The molecule has 0 aliphatic rings. The maximum absolute atomic E-state index is 5.99. The van der Waals surface area contributed by atoms with E-state index in [-0.39, 0.29) is 0 Å². The van der Waals surface area contributed by atoms with Crippen LogP contribution in [0.5, 0.6) is 11.6 Å². The Morgan fingerprint density at radius 3 is 3.05 bits per heavy atom. The molecule has 0 saturated carbocycles. The van der Waals surface area contributed by atoms with Crippen LogP contribution in [-0.4, -0.2) is 14.4 Å². The lowest BCUT2D eigenvalue weighted by molar-refractivity contribution is 0.462. The van der Waals surface area contributed by atoms with Crippen LogP contribution in [0.3, 0.4) is 0 Å². The highest BCUT2D eigenvalue weighted by atomic mass is 35.5. The first-order valence-corrected chi connectivity index (χ1v) is 6.29. The number of nitrogens with zero attached hydrogens (tertiary/aromatic N) is 3. The third kappa shape index (κ3) is 2.26. The Labute approximate surface area is 120 Å². The Morgan fingerprint density at radius 2 is 2.25 bits per heavy atom. The molecule has 1 aromatic carbocycles. The number of hydrogen-bond donors (Lipinski definition) is 2. The fourth-order valence-corrected chi connectivity index (χ4v) is 1.99. The van der Waals surface area contributed by atoms with E-state index in [4.69, 9.17) is 22.2 Å². The third-order valence-corrected chi connectivity index (χ3v) is 3.08. The van der Waals surface area contributed by atoms with Crippen molar-refractivity contribution in [3.05, 3.63) is 47.4 Å². The molecule has 0 radical (unpaired) electrons. The Hall–Kier alpha value is -2.31. The normalized spacial score (nSPS) is 10.8. The molecule has 0 fully saturated rings. The zero-order valence-corrected chi connectivity index (χ0v) is 11.4. The Bertz CT molecular complexity index is 771. The smallest absolute Gasteiger partial charge is 0.265 e. The van der Waals surface area contributed by atoms with Gasteiger partial charge in [0, 0.05) is 17.4 Å². The molecule has 3 N–H and O–H groups in total. The quantitative estimate of drug-likeness (QED) is 0.573. The minimum atomic E-state index is 0.357. The monoisotopic (exact) mass is 289 g/mol. The molecule has 0 aliphatic carbocycles. The van der Waals surface area contributed by atoms with E-state index in [0.29, 0.717) is 28.1 Å². The van der Waals surface area contributed by atoms with Crippen molar-refractivity contribution in [1.29, 1.82) is 0 Å². The average molecular weight is 290 g/mol. The van der Waals surface area contributed by atoms with Crippen molar-refractivity contribution in [2.75, 3.05) is 5.43 Å². The Balaban J connectivity index is 2.09. The summed E-state index contributed by atoms with van der Waals surface area (Å²) in [5, 5.41) is 0.595. The number of nitrogen functional groups attached to an aromatic ring is 1. The molecule has 6 nitrogen and oxygen atoms in total. The van der Waals surface area contributed by atoms with Gasteiger partial charge >= 0.3 is 0 Å². The first-order chi connectivity index (χ1) is 9.67. The van der Waals surface area contributed by atoms with Crippen molar-refractivity contribution >= 4 is 23.1 Å². The molecule has 2 aromatic heterocycles. The molecule has 0 aliphatic heterocycles.